The maximum Gasteiger partial charge on any atom is 0.341 e. The molecule has 0 amide bonds. The quantitative estimate of drug-likeness (QED) is 0.822. The molecule has 0 aliphatic rings. The first-order chi connectivity index (χ1) is 9.70. The van der Waals surface area contributed by atoms with Crippen LogP contribution in [0.5, 0.6) is 0 Å². The normalized spacial score (nSPS) is 12.1. The molecule has 0 radical (unpaired) electrons. The van der Waals surface area contributed by atoms with Gasteiger partial charge in [0.25, 0.3) is 0 Å². The largest absolute Gasteiger partial charge is 0.467 e. The second-order valence-corrected chi connectivity index (χ2v) is 4.74. The highest BCUT2D eigenvalue weighted by Gasteiger charge is 2.10. The van der Waals surface area contributed by atoms with E-state index < -0.39 is 0 Å². The van der Waals surface area contributed by atoms with Crippen LogP contribution < -0.4 is 5.32 Å². The number of rotatable bonds is 6. The predicted octanol–water partition coefficient (Wildman–Crippen LogP) is 2.96. The zero-order chi connectivity index (χ0) is 14.4. The molecule has 4 heteroatoms. The van der Waals surface area contributed by atoms with E-state index in [4.69, 9.17) is 4.42 Å². The van der Waals surface area contributed by atoms with Crippen LogP contribution in [0.25, 0.3) is 0 Å². The van der Waals surface area contributed by atoms with E-state index in [0.717, 1.165) is 12.3 Å². The van der Waals surface area contributed by atoms with Crippen molar-refractivity contribution >= 4 is 5.97 Å². The van der Waals surface area contributed by atoms with Crippen molar-refractivity contribution in [2.45, 2.75) is 19.4 Å². The number of nitrogens with one attached hydrogen (secondary N) is 1. The molecule has 2 rings (SSSR count). The highest BCUT2D eigenvalue weighted by Crippen LogP contribution is 2.14. The maximum atomic E-state index is 11.3. The monoisotopic (exact) mass is 273 g/mol. The van der Waals surface area contributed by atoms with Gasteiger partial charge in [0.15, 0.2) is 0 Å². The summed E-state index contributed by atoms with van der Waals surface area (Å²) < 4.78 is 9.94. The van der Waals surface area contributed by atoms with E-state index >= 15 is 0 Å². The number of benzene rings is 1. The van der Waals surface area contributed by atoms with Crippen molar-refractivity contribution in [2.75, 3.05) is 13.7 Å². The summed E-state index contributed by atoms with van der Waals surface area (Å²) in [5.74, 6) is 0.773. The lowest BCUT2D eigenvalue weighted by atomic mass is 10.0. The molecule has 4 nitrogen and oxygen atoms in total. The third-order valence-corrected chi connectivity index (χ3v) is 3.19. The summed E-state index contributed by atoms with van der Waals surface area (Å²) in [6.07, 6.45) is 1.42. The van der Waals surface area contributed by atoms with Gasteiger partial charge < -0.3 is 14.5 Å². The van der Waals surface area contributed by atoms with Crippen molar-refractivity contribution in [1.29, 1.82) is 0 Å². The van der Waals surface area contributed by atoms with Gasteiger partial charge in [0.1, 0.15) is 12.0 Å². The summed E-state index contributed by atoms with van der Waals surface area (Å²) in [7, 11) is 1.36. The molecule has 0 spiro atoms. The molecule has 1 heterocycles. The zero-order valence-electron chi connectivity index (χ0n) is 11.8. The average Bonchev–Trinajstić information content (AvgIpc) is 2.96. The lowest BCUT2D eigenvalue weighted by Gasteiger charge is -2.12. The van der Waals surface area contributed by atoms with Gasteiger partial charge in [-0.1, -0.05) is 37.3 Å². The Balaban J connectivity index is 1.81. The molecule has 0 fully saturated rings. The molecule has 0 aliphatic heterocycles. The summed E-state index contributed by atoms with van der Waals surface area (Å²) in [6, 6.07) is 12.0. The second-order valence-electron chi connectivity index (χ2n) is 4.74. The third-order valence-electron chi connectivity index (χ3n) is 3.19. The minimum Gasteiger partial charge on any atom is -0.467 e. The lowest BCUT2D eigenvalue weighted by molar-refractivity contribution is 0.0600. The maximum absolute atomic E-state index is 11.3. The fourth-order valence-corrected chi connectivity index (χ4v) is 2.01. The molecule has 1 aromatic carbocycles. The van der Waals surface area contributed by atoms with Crippen LogP contribution in [0.15, 0.2) is 47.1 Å². The highest BCUT2D eigenvalue weighted by atomic mass is 16.5. The Kier molecular flexibility index (Phi) is 4.96. The highest BCUT2D eigenvalue weighted by molar-refractivity contribution is 5.88. The van der Waals surface area contributed by atoms with Crippen LogP contribution in [0.2, 0.25) is 0 Å². The third kappa shape index (κ3) is 3.71. The van der Waals surface area contributed by atoms with Gasteiger partial charge in [-0.15, -0.1) is 0 Å². The standard InChI is InChI=1S/C16H19NO3/c1-12(13-6-4-3-5-7-13)9-17-10-15-8-14(11-20-15)16(18)19-2/h3-8,11-12,17H,9-10H2,1-2H3. The summed E-state index contributed by atoms with van der Waals surface area (Å²) in [5.41, 5.74) is 1.75. The molecular formula is C16H19NO3. The van der Waals surface area contributed by atoms with Crippen LogP contribution >= 0.6 is 0 Å². The van der Waals surface area contributed by atoms with Gasteiger partial charge in [-0.25, -0.2) is 4.79 Å². The first-order valence-corrected chi connectivity index (χ1v) is 6.62. The Hall–Kier alpha value is -2.07. The first-order valence-electron chi connectivity index (χ1n) is 6.62. The molecule has 0 aliphatic carbocycles. The Morgan fingerprint density at radius 1 is 1.35 bits per heavy atom. The van der Waals surface area contributed by atoms with E-state index in [-0.39, 0.29) is 5.97 Å². The van der Waals surface area contributed by atoms with Gasteiger partial charge in [-0.05, 0) is 17.5 Å². The number of carbonyl (C=O) groups is 1. The van der Waals surface area contributed by atoms with Gasteiger partial charge in [0.05, 0.1) is 19.2 Å². The van der Waals surface area contributed by atoms with Crippen molar-refractivity contribution in [3.8, 4) is 0 Å². The minimum atomic E-state index is -0.377. The lowest BCUT2D eigenvalue weighted by Crippen LogP contribution is -2.19. The Bertz CT molecular complexity index is 548. The smallest absolute Gasteiger partial charge is 0.341 e. The minimum absolute atomic E-state index is 0.377. The average molecular weight is 273 g/mol. The van der Waals surface area contributed by atoms with Crippen LogP contribution in [0.1, 0.15) is 34.5 Å². The van der Waals surface area contributed by atoms with Gasteiger partial charge >= 0.3 is 5.97 Å². The molecule has 1 aromatic heterocycles. The molecule has 1 atom stereocenters. The van der Waals surface area contributed by atoms with E-state index in [1.165, 1.54) is 18.9 Å². The van der Waals surface area contributed by atoms with Crippen LogP contribution in [-0.4, -0.2) is 19.6 Å². The Labute approximate surface area is 118 Å². The number of hydrogen-bond donors (Lipinski definition) is 1. The van der Waals surface area contributed by atoms with Crippen molar-refractivity contribution in [3.05, 3.63) is 59.5 Å². The molecule has 2 aromatic rings. The Morgan fingerprint density at radius 2 is 2.10 bits per heavy atom. The summed E-state index contributed by atoms with van der Waals surface area (Å²) in [5, 5.41) is 3.32. The predicted molar refractivity (Wildman–Crippen MR) is 76.6 cm³/mol. The molecule has 1 N–H and O–H groups in total. The number of esters is 1. The molecular weight excluding hydrogens is 254 g/mol. The van der Waals surface area contributed by atoms with Crippen molar-refractivity contribution in [2.24, 2.45) is 0 Å². The molecule has 1 unspecified atom stereocenters. The molecule has 20 heavy (non-hydrogen) atoms. The number of methoxy groups -OCH3 is 1. The number of carbonyl (C=O) groups excluding carboxylic acids is 1. The first kappa shape index (κ1) is 14.3. The summed E-state index contributed by atoms with van der Waals surface area (Å²) in [4.78, 5) is 11.3. The van der Waals surface area contributed by atoms with Crippen molar-refractivity contribution in [3.63, 3.8) is 0 Å². The van der Waals surface area contributed by atoms with Gasteiger partial charge in [-0.2, -0.15) is 0 Å². The van der Waals surface area contributed by atoms with E-state index in [1.54, 1.807) is 6.07 Å². The van der Waals surface area contributed by atoms with Crippen LogP contribution in [0.4, 0.5) is 0 Å². The van der Waals surface area contributed by atoms with Crippen LogP contribution in [0, 0.1) is 0 Å². The van der Waals surface area contributed by atoms with E-state index in [9.17, 15) is 4.79 Å². The SMILES string of the molecule is COC(=O)c1coc(CNCC(C)c2ccccc2)c1. The topological polar surface area (TPSA) is 51.5 Å². The second kappa shape index (κ2) is 6.91. The molecule has 0 bridgehead atoms. The fraction of sp³-hybridized carbons (Fsp3) is 0.312. The van der Waals surface area contributed by atoms with Crippen molar-refractivity contribution in [1.82, 2.24) is 5.32 Å². The number of ether oxygens (including phenoxy) is 1. The van der Waals surface area contributed by atoms with E-state index in [0.29, 0.717) is 18.0 Å². The number of furan rings is 1. The molecule has 0 saturated heterocycles. The van der Waals surface area contributed by atoms with E-state index in [1.807, 2.05) is 18.2 Å². The Morgan fingerprint density at radius 3 is 2.80 bits per heavy atom. The van der Waals surface area contributed by atoms with Gasteiger partial charge in [0, 0.05) is 6.54 Å². The summed E-state index contributed by atoms with van der Waals surface area (Å²) >= 11 is 0. The molecule has 0 saturated carbocycles. The summed E-state index contributed by atoms with van der Waals surface area (Å²) in [6.45, 7) is 3.61. The molecule has 106 valence electrons. The van der Waals surface area contributed by atoms with Crippen LogP contribution in [-0.2, 0) is 11.3 Å². The van der Waals surface area contributed by atoms with Crippen molar-refractivity contribution < 1.29 is 13.9 Å². The fourth-order valence-electron chi connectivity index (χ4n) is 2.01. The number of hydrogen-bond acceptors (Lipinski definition) is 4. The van der Waals surface area contributed by atoms with Crippen LogP contribution in [0.3, 0.4) is 0 Å². The van der Waals surface area contributed by atoms with Gasteiger partial charge in [0.2, 0.25) is 0 Å². The zero-order valence-corrected chi connectivity index (χ0v) is 11.8. The van der Waals surface area contributed by atoms with E-state index in [2.05, 4.69) is 29.1 Å². The van der Waals surface area contributed by atoms with Gasteiger partial charge in [-0.3, -0.25) is 0 Å².